The normalized spacial score (nSPS) is 10.1. The number of aromatic hydroxyl groups is 1. The Kier molecular flexibility index (Phi) is 5.62. The number of anilines is 1. The Hall–Kier alpha value is -3.05. The van der Waals surface area contributed by atoms with Gasteiger partial charge in [0.2, 0.25) is 0 Å². The van der Waals surface area contributed by atoms with Crippen LogP contribution in [0.3, 0.4) is 0 Å². The summed E-state index contributed by atoms with van der Waals surface area (Å²) in [6, 6.07) is 6.43. The molecule has 0 bridgehead atoms. The van der Waals surface area contributed by atoms with Gasteiger partial charge in [0.05, 0.1) is 12.2 Å². The van der Waals surface area contributed by atoms with E-state index in [9.17, 15) is 20.0 Å². The van der Waals surface area contributed by atoms with Crippen LogP contribution >= 0.6 is 11.3 Å². The van der Waals surface area contributed by atoms with Crippen LogP contribution in [-0.4, -0.2) is 23.7 Å². The highest BCUT2D eigenvalue weighted by Gasteiger charge is 2.24. The van der Waals surface area contributed by atoms with Gasteiger partial charge in [0.25, 0.3) is 0 Å². The van der Waals surface area contributed by atoms with Crippen LogP contribution in [0.1, 0.15) is 43.6 Å². The highest BCUT2D eigenvalue weighted by atomic mass is 32.1. The van der Waals surface area contributed by atoms with E-state index in [1.807, 2.05) is 6.07 Å². The van der Waals surface area contributed by atoms with Gasteiger partial charge in [-0.25, -0.2) is 9.59 Å². The van der Waals surface area contributed by atoms with E-state index in [0.717, 1.165) is 16.9 Å². The predicted molar refractivity (Wildman–Crippen MR) is 91.4 cm³/mol. The Balaban J connectivity index is 2.26. The number of carbonyl (C=O) groups is 2. The molecule has 0 aliphatic rings. The van der Waals surface area contributed by atoms with Gasteiger partial charge >= 0.3 is 11.9 Å². The molecule has 2 aromatic rings. The van der Waals surface area contributed by atoms with Crippen molar-refractivity contribution in [3.05, 3.63) is 45.3 Å². The van der Waals surface area contributed by atoms with E-state index in [4.69, 9.17) is 15.2 Å². The summed E-state index contributed by atoms with van der Waals surface area (Å²) in [5, 5.41) is 19.2. The van der Waals surface area contributed by atoms with E-state index >= 15 is 0 Å². The van der Waals surface area contributed by atoms with Crippen LogP contribution in [0.2, 0.25) is 0 Å². The molecule has 2 rings (SSSR count). The van der Waals surface area contributed by atoms with Crippen LogP contribution in [0.5, 0.6) is 5.75 Å². The Bertz CT molecular complexity index is 867. The van der Waals surface area contributed by atoms with Gasteiger partial charge in [-0.05, 0) is 31.5 Å². The number of aryl methyl sites for hydroxylation is 1. The van der Waals surface area contributed by atoms with E-state index in [-0.39, 0.29) is 45.5 Å². The lowest BCUT2D eigenvalue weighted by Gasteiger charge is -2.08. The number of nitrogens with zero attached hydrogens (tertiary/aromatic N) is 1. The molecule has 3 N–H and O–H groups in total. The fourth-order valence-electron chi connectivity index (χ4n) is 2.14. The van der Waals surface area contributed by atoms with E-state index in [2.05, 4.69) is 0 Å². The quantitative estimate of drug-likeness (QED) is 0.786. The number of nitrogen functional groups attached to an aromatic ring is 1. The second kappa shape index (κ2) is 7.68. The largest absolute Gasteiger partial charge is 0.507 e. The first kappa shape index (κ1) is 18.3. The maximum absolute atomic E-state index is 12.2. The molecule has 0 fully saturated rings. The molecule has 0 amide bonds. The second-order valence-electron chi connectivity index (χ2n) is 5.08. The molecule has 25 heavy (non-hydrogen) atoms. The van der Waals surface area contributed by atoms with E-state index in [1.165, 1.54) is 12.1 Å². The number of hydrogen-bond acceptors (Lipinski definition) is 8. The molecule has 1 aromatic heterocycles. The Morgan fingerprint density at radius 3 is 2.64 bits per heavy atom. The minimum Gasteiger partial charge on any atom is -0.507 e. The number of nitriles is 1. The summed E-state index contributed by atoms with van der Waals surface area (Å²) in [6.07, 6.45) is 0. The highest BCUT2D eigenvalue weighted by Crippen LogP contribution is 2.32. The lowest BCUT2D eigenvalue weighted by molar-refractivity contribution is 0.0450. The number of benzene rings is 1. The average Bonchev–Trinajstić information content (AvgIpc) is 2.88. The number of hydrogen-bond donors (Lipinski definition) is 2. The summed E-state index contributed by atoms with van der Waals surface area (Å²) in [6.45, 7) is 3.25. The molecule has 0 unspecified atom stereocenters. The lowest BCUT2D eigenvalue weighted by atomic mass is 10.1. The zero-order chi connectivity index (χ0) is 18.6. The first-order chi connectivity index (χ1) is 11.9. The molecule has 0 spiro atoms. The SMILES string of the molecule is CCOC(=O)c1sc(N)c(C#N)c1COC(=O)c1ccc(C)cc1O. The first-order valence-corrected chi connectivity index (χ1v) is 8.15. The smallest absolute Gasteiger partial charge is 0.348 e. The molecule has 1 heterocycles. The minimum absolute atomic E-state index is 0.00926. The standard InChI is InChI=1S/C17H16N2O5S/c1-3-23-17(22)14-12(11(7-18)15(19)25-14)8-24-16(21)10-5-4-9(2)6-13(10)20/h4-6,20H,3,8,19H2,1-2H3. The number of nitrogens with two attached hydrogens (primary N) is 1. The number of phenols is 1. The van der Waals surface area contributed by atoms with Crippen LogP contribution in [0.4, 0.5) is 5.00 Å². The van der Waals surface area contributed by atoms with Crippen molar-refractivity contribution in [1.82, 2.24) is 0 Å². The summed E-state index contributed by atoms with van der Waals surface area (Å²) in [7, 11) is 0. The molecular weight excluding hydrogens is 344 g/mol. The summed E-state index contributed by atoms with van der Waals surface area (Å²) in [5.41, 5.74) is 6.81. The van der Waals surface area contributed by atoms with Crippen molar-refractivity contribution in [1.29, 1.82) is 5.26 Å². The molecule has 0 aliphatic carbocycles. The van der Waals surface area contributed by atoms with Crippen LogP contribution in [0.25, 0.3) is 0 Å². The maximum Gasteiger partial charge on any atom is 0.348 e. The molecule has 7 nitrogen and oxygen atoms in total. The Morgan fingerprint density at radius 1 is 1.32 bits per heavy atom. The second-order valence-corrected chi connectivity index (χ2v) is 6.13. The number of carbonyl (C=O) groups excluding carboxylic acids is 2. The van der Waals surface area contributed by atoms with Gasteiger partial charge in [0, 0.05) is 5.56 Å². The number of phenolic OH excluding ortho intramolecular Hbond substituents is 1. The third kappa shape index (κ3) is 3.89. The predicted octanol–water partition coefficient (Wildman–Crippen LogP) is 2.75. The molecule has 8 heteroatoms. The van der Waals surface area contributed by atoms with Gasteiger partial charge in [0.15, 0.2) is 0 Å². The van der Waals surface area contributed by atoms with Gasteiger partial charge in [0.1, 0.15) is 33.9 Å². The van der Waals surface area contributed by atoms with Crippen LogP contribution in [0.15, 0.2) is 18.2 Å². The van der Waals surface area contributed by atoms with Gasteiger partial charge in [-0.2, -0.15) is 5.26 Å². The summed E-state index contributed by atoms with van der Waals surface area (Å²) in [5.74, 6) is -1.62. The third-order valence-corrected chi connectivity index (χ3v) is 4.37. The van der Waals surface area contributed by atoms with Crippen LogP contribution < -0.4 is 5.73 Å². The fourth-order valence-corrected chi connectivity index (χ4v) is 3.05. The maximum atomic E-state index is 12.2. The average molecular weight is 360 g/mol. The topological polar surface area (TPSA) is 123 Å². The molecule has 130 valence electrons. The highest BCUT2D eigenvalue weighted by molar-refractivity contribution is 7.18. The van der Waals surface area contributed by atoms with Gasteiger partial charge in [-0.15, -0.1) is 11.3 Å². The number of esters is 2. The summed E-state index contributed by atoms with van der Waals surface area (Å²) in [4.78, 5) is 24.3. The Morgan fingerprint density at radius 2 is 2.04 bits per heavy atom. The number of ether oxygens (including phenoxy) is 2. The van der Waals surface area contributed by atoms with Gasteiger partial charge < -0.3 is 20.3 Å². The third-order valence-electron chi connectivity index (χ3n) is 3.33. The first-order valence-electron chi connectivity index (χ1n) is 7.34. The molecular formula is C17H16N2O5S. The molecule has 0 radical (unpaired) electrons. The summed E-state index contributed by atoms with van der Waals surface area (Å²) >= 11 is 0.906. The lowest BCUT2D eigenvalue weighted by Crippen LogP contribution is -2.10. The van der Waals surface area contributed by atoms with E-state index in [0.29, 0.717) is 0 Å². The van der Waals surface area contributed by atoms with Crippen LogP contribution in [0, 0.1) is 18.3 Å². The minimum atomic E-state index is -0.777. The van der Waals surface area contributed by atoms with Crippen molar-refractivity contribution in [3.63, 3.8) is 0 Å². The van der Waals surface area contributed by atoms with Crippen molar-refractivity contribution in [2.75, 3.05) is 12.3 Å². The molecule has 0 aliphatic heterocycles. The van der Waals surface area contributed by atoms with E-state index < -0.39 is 11.9 Å². The number of thiophene rings is 1. The molecule has 1 aromatic carbocycles. The van der Waals surface area contributed by atoms with Gasteiger partial charge in [-0.3, -0.25) is 0 Å². The van der Waals surface area contributed by atoms with Crippen molar-refractivity contribution in [3.8, 4) is 11.8 Å². The number of rotatable bonds is 5. The van der Waals surface area contributed by atoms with Crippen molar-refractivity contribution in [2.24, 2.45) is 0 Å². The Labute approximate surface area is 148 Å². The zero-order valence-electron chi connectivity index (χ0n) is 13.7. The van der Waals surface area contributed by atoms with E-state index in [1.54, 1.807) is 19.9 Å². The monoisotopic (exact) mass is 360 g/mol. The molecule has 0 saturated carbocycles. The zero-order valence-corrected chi connectivity index (χ0v) is 14.5. The van der Waals surface area contributed by atoms with Crippen molar-refractivity contribution in [2.45, 2.75) is 20.5 Å². The fraction of sp³-hybridized carbons (Fsp3) is 0.235. The molecule has 0 atom stereocenters. The van der Waals surface area contributed by atoms with Gasteiger partial charge in [-0.1, -0.05) is 6.07 Å². The summed E-state index contributed by atoms with van der Waals surface area (Å²) < 4.78 is 10.1. The molecule has 0 saturated heterocycles. The van der Waals surface area contributed by atoms with Crippen LogP contribution in [-0.2, 0) is 16.1 Å². The van der Waals surface area contributed by atoms with Crippen molar-refractivity contribution < 1.29 is 24.2 Å². The van der Waals surface area contributed by atoms with Crippen molar-refractivity contribution >= 4 is 28.3 Å².